The van der Waals surface area contributed by atoms with Crippen molar-refractivity contribution in [1.82, 2.24) is 10.6 Å². The molecular formula is C20H25BrN2O6. The zero-order chi connectivity index (χ0) is 21.4. The van der Waals surface area contributed by atoms with E-state index in [0.29, 0.717) is 29.0 Å². The van der Waals surface area contributed by atoms with Gasteiger partial charge in [0.15, 0.2) is 6.61 Å². The molecule has 8 nitrogen and oxygen atoms in total. The second-order valence-corrected chi connectivity index (χ2v) is 7.09. The molecule has 158 valence electrons. The Labute approximate surface area is 178 Å². The zero-order valence-electron chi connectivity index (χ0n) is 16.7. The highest BCUT2D eigenvalue weighted by atomic mass is 79.9. The average Bonchev–Trinajstić information content (AvgIpc) is 2.67. The number of ether oxygens (including phenoxy) is 3. The molecule has 29 heavy (non-hydrogen) atoms. The standard InChI is InChI=1S/C20H25BrN2O6/c1-4-7-14-17(19(25)28-6-3)18(23-20(26)22-14)13-10-12(21)8-9-15(13)29-11-16(24)27-5-2/h8-10,18H,4-7,11H2,1-3H3,(H2,22,23,26)/t18-/m0/s1. The molecule has 2 rings (SSSR count). The quantitative estimate of drug-likeness (QED) is 0.538. The highest BCUT2D eigenvalue weighted by Crippen LogP contribution is 2.36. The maximum Gasteiger partial charge on any atom is 0.344 e. The minimum Gasteiger partial charge on any atom is -0.482 e. The van der Waals surface area contributed by atoms with Crippen LogP contribution in [0.15, 0.2) is 33.9 Å². The fourth-order valence-electron chi connectivity index (χ4n) is 2.96. The second kappa shape index (κ2) is 10.8. The van der Waals surface area contributed by atoms with Crippen molar-refractivity contribution in [3.05, 3.63) is 39.5 Å². The van der Waals surface area contributed by atoms with Crippen molar-refractivity contribution in [3.63, 3.8) is 0 Å². The summed E-state index contributed by atoms with van der Waals surface area (Å²) in [7, 11) is 0. The van der Waals surface area contributed by atoms with Crippen LogP contribution in [0.5, 0.6) is 5.75 Å². The van der Waals surface area contributed by atoms with Gasteiger partial charge >= 0.3 is 18.0 Å². The largest absolute Gasteiger partial charge is 0.482 e. The topological polar surface area (TPSA) is 103 Å². The van der Waals surface area contributed by atoms with Gasteiger partial charge in [-0.05, 0) is 38.5 Å². The summed E-state index contributed by atoms with van der Waals surface area (Å²) in [5, 5.41) is 5.47. The van der Waals surface area contributed by atoms with Crippen LogP contribution in [-0.4, -0.2) is 37.8 Å². The van der Waals surface area contributed by atoms with E-state index in [1.807, 2.05) is 6.92 Å². The Balaban J connectivity index is 2.49. The van der Waals surface area contributed by atoms with E-state index in [9.17, 15) is 14.4 Å². The molecule has 1 aliphatic heterocycles. The molecular weight excluding hydrogens is 444 g/mol. The van der Waals surface area contributed by atoms with Crippen molar-refractivity contribution in [2.24, 2.45) is 0 Å². The van der Waals surface area contributed by atoms with Gasteiger partial charge in [-0.1, -0.05) is 29.3 Å². The van der Waals surface area contributed by atoms with Gasteiger partial charge in [-0.3, -0.25) is 0 Å². The molecule has 0 radical (unpaired) electrons. The third-order valence-corrected chi connectivity index (χ3v) is 4.58. The van der Waals surface area contributed by atoms with E-state index in [2.05, 4.69) is 26.6 Å². The minimum absolute atomic E-state index is 0.201. The lowest BCUT2D eigenvalue weighted by molar-refractivity contribution is -0.145. The number of hydrogen-bond acceptors (Lipinski definition) is 6. The van der Waals surface area contributed by atoms with E-state index in [1.165, 1.54) is 0 Å². The van der Waals surface area contributed by atoms with Gasteiger partial charge in [-0.15, -0.1) is 0 Å². The summed E-state index contributed by atoms with van der Waals surface area (Å²) < 4.78 is 16.5. The number of amides is 2. The molecule has 0 saturated heterocycles. The van der Waals surface area contributed by atoms with E-state index in [-0.39, 0.29) is 19.8 Å². The summed E-state index contributed by atoms with van der Waals surface area (Å²) in [5.41, 5.74) is 1.35. The van der Waals surface area contributed by atoms with Crippen molar-refractivity contribution in [2.75, 3.05) is 19.8 Å². The Hall–Kier alpha value is -2.55. The van der Waals surface area contributed by atoms with Crippen LogP contribution >= 0.6 is 15.9 Å². The molecule has 9 heteroatoms. The summed E-state index contributed by atoms with van der Waals surface area (Å²) in [6.07, 6.45) is 1.24. The molecule has 0 aliphatic carbocycles. The van der Waals surface area contributed by atoms with Gasteiger partial charge in [0.25, 0.3) is 0 Å². The molecule has 1 heterocycles. The van der Waals surface area contributed by atoms with Gasteiger partial charge in [-0.25, -0.2) is 14.4 Å². The molecule has 1 aliphatic rings. The van der Waals surface area contributed by atoms with E-state index < -0.39 is 24.0 Å². The summed E-state index contributed by atoms with van der Waals surface area (Å²) in [6.45, 7) is 5.53. The number of rotatable bonds is 9. The predicted molar refractivity (Wildman–Crippen MR) is 109 cm³/mol. The lowest BCUT2D eigenvalue weighted by Crippen LogP contribution is -2.46. The van der Waals surface area contributed by atoms with Crippen LogP contribution < -0.4 is 15.4 Å². The Bertz CT molecular complexity index is 808. The first-order chi connectivity index (χ1) is 13.9. The molecule has 0 saturated carbocycles. The van der Waals surface area contributed by atoms with Crippen molar-refractivity contribution in [1.29, 1.82) is 0 Å². The average molecular weight is 469 g/mol. The van der Waals surface area contributed by atoms with Crippen LogP contribution in [0, 0.1) is 0 Å². The molecule has 0 bridgehead atoms. The number of carbonyl (C=O) groups is 3. The first-order valence-corrected chi connectivity index (χ1v) is 10.3. The molecule has 1 aromatic carbocycles. The van der Waals surface area contributed by atoms with Gasteiger partial charge in [0.05, 0.1) is 24.8 Å². The SMILES string of the molecule is CCCC1=C(C(=O)OCC)[C@H](c2cc(Br)ccc2OCC(=O)OCC)NC(=O)N1. The molecule has 0 spiro atoms. The van der Waals surface area contributed by atoms with Crippen LogP contribution in [0.3, 0.4) is 0 Å². The molecule has 1 aromatic rings. The maximum absolute atomic E-state index is 12.7. The van der Waals surface area contributed by atoms with E-state index >= 15 is 0 Å². The Morgan fingerprint density at radius 2 is 1.86 bits per heavy atom. The van der Waals surface area contributed by atoms with E-state index in [4.69, 9.17) is 14.2 Å². The van der Waals surface area contributed by atoms with Crippen LogP contribution in [0.2, 0.25) is 0 Å². The van der Waals surface area contributed by atoms with Crippen molar-refractivity contribution < 1.29 is 28.6 Å². The summed E-state index contributed by atoms with van der Waals surface area (Å²) >= 11 is 3.41. The number of hydrogen-bond donors (Lipinski definition) is 2. The number of carbonyl (C=O) groups excluding carboxylic acids is 3. The molecule has 1 atom stereocenters. The Morgan fingerprint density at radius 1 is 1.14 bits per heavy atom. The molecule has 0 fully saturated rings. The number of allylic oxidation sites excluding steroid dienone is 1. The van der Waals surface area contributed by atoms with Crippen molar-refractivity contribution >= 4 is 33.9 Å². The van der Waals surface area contributed by atoms with Crippen LogP contribution in [0.1, 0.15) is 45.2 Å². The third kappa shape index (κ3) is 5.96. The fourth-order valence-corrected chi connectivity index (χ4v) is 3.34. The molecule has 0 aromatic heterocycles. The zero-order valence-corrected chi connectivity index (χ0v) is 18.3. The normalized spacial score (nSPS) is 16.0. The lowest BCUT2D eigenvalue weighted by Gasteiger charge is -2.30. The number of halogens is 1. The summed E-state index contributed by atoms with van der Waals surface area (Å²) in [4.78, 5) is 36.7. The monoisotopic (exact) mass is 468 g/mol. The van der Waals surface area contributed by atoms with Crippen molar-refractivity contribution in [2.45, 2.75) is 39.7 Å². The Kier molecular flexibility index (Phi) is 8.50. The minimum atomic E-state index is -0.793. The first kappa shape index (κ1) is 22.7. The number of benzene rings is 1. The second-order valence-electron chi connectivity index (χ2n) is 6.17. The molecule has 2 amide bonds. The van der Waals surface area contributed by atoms with Crippen molar-refractivity contribution in [3.8, 4) is 5.75 Å². The van der Waals surface area contributed by atoms with E-state index in [0.717, 1.165) is 10.9 Å². The molecule has 2 N–H and O–H groups in total. The Morgan fingerprint density at radius 3 is 2.52 bits per heavy atom. The van der Waals surface area contributed by atoms with Gasteiger partial charge in [0, 0.05) is 15.7 Å². The van der Waals surface area contributed by atoms with Crippen LogP contribution in [0.4, 0.5) is 4.79 Å². The lowest BCUT2D eigenvalue weighted by atomic mass is 9.93. The van der Waals surface area contributed by atoms with Gasteiger partial charge in [-0.2, -0.15) is 0 Å². The van der Waals surface area contributed by atoms with Gasteiger partial charge < -0.3 is 24.8 Å². The molecule has 0 unspecified atom stereocenters. The first-order valence-electron chi connectivity index (χ1n) is 9.46. The van der Waals surface area contributed by atoms with Crippen LogP contribution in [0.25, 0.3) is 0 Å². The highest BCUT2D eigenvalue weighted by Gasteiger charge is 2.35. The van der Waals surface area contributed by atoms with Gasteiger partial charge in [0.1, 0.15) is 5.75 Å². The van der Waals surface area contributed by atoms with E-state index in [1.54, 1.807) is 32.0 Å². The van der Waals surface area contributed by atoms with Crippen LogP contribution in [-0.2, 0) is 19.1 Å². The summed E-state index contributed by atoms with van der Waals surface area (Å²) in [6, 6.07) is 3.92. The fraction of sp³-hybridized carbons (Fsp3) is 0.450. The maximum atomic E-state index is 12.7. The number of urea groups is 1. The number of nitrogens with one attached hydrogen (secondary N) is 2. The number of esters is 2. The predicted octanol–water partition coefficient (Wildman–Crippen LogP) is 3.36. The van der Waals surface area contributed by atoms with Gasteiger partial charge in [0.2, 0.25) is 0 Å². The third-order valence-electron chi connectivity index (χ3n) is 4.08. The highest BCUT2D eigenvalue weighted by molar-refractivity contribution is 9.10. The summed E-state index contributed by atoms with van der Waals surface area (Å²) in [5.74, 6) is -0.681. The smallest absolute Gasteiger partial charge is 0.344 e.